The third kappa shape index (κ3) is 4.51. The van der Waals surface area contributed by atoms with Crippen LogP contribution in [0.2, 0.25) is 0 Å². The molecule has 1 fully saturated rings. The summed E-state index contributed by atoms with van der Waals surface area (Å²) in [6.07, 6.45) is 1.55. The lowest BCUT2D eigenvalue weighted by Crippen LogP contribution is -2.17. The van der Waals surface area contributed by atoms with Crippen LogP contribution in [-0.4, -0.2) is 23.6 Å². The highest BCUT2D eigenvalue weighted by Crippen LogP contribution is 2.28. The van der Waals surface area contributed by atoms with E-state index in [2.05, 4.69) is 5.32 Å². The lowest BCUT2D eigenvalue weighted by molar-refractivity contribution is -0.385. The van der Waals surface area contributed by atoms with Gasteiger partial charge < -0.3 is 9.50 Å². The van der Waals surface area contributed by atoms with E-state index < -0.39 is 15.0 Å². The minimum atomic E-state index is -4.26. The summed E-state index contributed by atoms with van der Waals surface area (Å²) in [6.45, 7) is 0. The highest BCUT2D eigenvalue weighted by molar-refractivity contribution is 8.26. The van der Waals surface area contributed by atoms with E-state index in [0.717, 1.165) is 17.8 Å². The molecular formula is C16H10N2O6S3. The fraction of sp³-hybridized carbons (Fsp3) is 0. The molecule has 1 aliphatic heterocycles. The number of non-ortho nitro benzene ring substituents is 1. The van der Waals surface area contributed by atoms with Gasteiger partial charge in [-0.05, 0) is 29.8 Å². The van der Waals surface area contributed by atoms with Crippen LogP contribution in [0.4, 0.5) is 5.69 Å². The average molecular weight is 422 g/mol. The van der Waals surface area contributed by atoms with Gasteiger partial charge in [0.25, 0.3) is 11.6 Å². The number of thiocarbonyl (C=S) groups is 1. The van der Waals surface area contributed by atoms with Gasteiger partial charge in [0, 0.05) is 12.1 Å². The van der Waals surface area contributed by atoms with Crippen molar-refractivity contribution in [3.63, 3.8) is 0 Å². The number of nitrogens with zero attached hydrogens (tertiary/aromatic N) is 1. The van der Waals surface area contributed by atoms with Gasteiger partial charge in [-0.2, -0.15) is 8.42 Å². The Morgan fingerprint density at radius 1 is 1.19 bits per heavy atom. The summed E-state index contributed by atoms with van der Waals surface area (Å²) >= 11 is 6.01. The number of amides is 1. The number of rotatable bonds is 5. The molecule has 2 aromatic rings. The first-order chi connectivity index (χ1) is 12.7. The van der Waals surface area contributed by atoms with Gasteiger partial charge in [-0.25, -0.2) is 0 Å². The van der Waals surface area contributed by atoms with Gasteiger partial charge in [-0.15, -0.1) is 0 Å². The maximum Gasteiger partial charge on any atom is 0.339 e. The minimum Gasteiger partial charge on any atom is -0.379 e. The van der Waals surface area contributed by atoms with Crippen LogP contribution in [0.15, 0.2) is 58.3 Å². The molecule has 1 heterocycles. The van der Waals surface area contributed by atoms with Gasteiger partial charge in [0.1, 0.15) is 15.0 Å². The van der Waals surface area contributed by atoms with Crippen molar-refractivity contribution in [3.8, 4) is 5.75 Å². The molecule has 0 aliphatic carbocycles. The molecule has 0 unspecified atom stereocenters. The largest absolute Gasteiger partial charge is 0.379 e. The Morgan fingerprint density at radius 3 is 2.59 bits per heavy atom. The van der Waals surface area contributed by atoms with Gasteiger partial charge in [0.2, 0.25) is 0 Å². The molecule has 0 bridgehead atoms. The van der Waals surface area contributed by atoms with E-state index in [-0.39, 0.29) is 22.2 Å². The van der Waals surface area contributed by atoms with Crippen molar-refractivity contribution in [2.45, 2.75) is 4.90 Å². The van der Waals surface area contributed by atoms with E-state index in [1.807, 2.05) is 0 Å². The number of nitro benzene ring substituents is 1. The van der Waals surface area contributed by atoms with Crippen molar-refractivity contribution in [2.24, 2.45) is 0 Å². The summed E-state index contributed by atoms with van der Waals surface area (Å²) in [4.78, 5) is 21.9. The molecule has 1 amide bonds. The van der Waals surface area contributed by atoms with E-state index in [9.17, 15) is 23.3 Å². The molecule has 0 saturated carbocycles. The Morgan fingerprint density at radius 2 is 1.93 bits per heavy atom. The normalized spacial score (nSPS) is 15.6. The van der Waals surface area contributed by atoms with Gasteiger partial charge in [0.05, 0.1) is 9.83 Å². The first kappa shape index (κ1) is 19.0. The molecule has 138 valence electrons. The smallest absolute Gasteiger partial charge is 0.339 e. The number of nitro groups is 1. The van der Waals surface area contributed by atoms with Gasteiger partial charge >= 0.3 is 10.1 Å². The van der Waals surface area contributed by atoms with Crippen LogP contribution in [0, 0.1) is 10.1 Å². The van der Waals surface area contributed by atoms with Crippen molar-refractivity contribution in [1.29, 1.82) is 0 Å². The molecule has 11 heteroatoms. The standard InChI is InChI=1S/C16H10N2O6S3/c19-15-14(26-16(25)17-15)8-10-3-1-5-12(7-10)24-27(22,23)13-6-2-4-11(9-13)18(20)21/h1-9H,(H,17,19,25). The second kappa shape index (κ2) is 7.47. The minimum absolute atomic E-state index is 0.00170. The number of thioether (sulfide) groups is 1. The first-order valence-corrected chi connectivity index (χ1v) is 9.92. The summed E-state index contributed by atoms with van der Waals surface area (Å²) in [5.74, 6) is -0.331. The lowest BCUT2D eigenvalue weighted by Gasteiger charge is -2.07. The predicted molar refractivity (Wildman–Crippen MR) is 104 cm³/mol. The Hall–Kier alpha value is -2.76. The molecule has 0 radical (unpaired) electrons. The van der Waals surface area contributed by atoms with Gasteiger partial charge in [-0.1, -0.05) is 42.2 Å². The third-order valence-electron chi connectivity index (χ3n) is 3.32. The maximum absolute atomic E-state index is 12.4. The predicted octanol–water partition coefficient (Wildman–Crippen LogP) is 2.85. The highest BCUT2D eigenvalue weighted by atomic mass is 32.2. The number of nitrogens with one attached hydrogen (secondary N) is 1. The Bertz CT molecular complexity index is 1090. The molecular weight excluding hydrogens is 412 g/mol. The molecule has 1 N–H and O–H groups in total. The second-order valence-electron chi connectivity index (χ2n) is 5.22. The number of hydrogen-bond donors (Lipinski definition) is 1. The van der Waals surface area contributed by atoms with Crippen LogP contribution in [0.25, 0.3) is 6.08 Å². The summed E-state index contributed by atoms with van der Waals surface area (Å²) in [5, 5.41) is 13.3. The van der Waals surface area contributed by atoms with Crippen LogP contribution in [-0.2, 0) is 14.9 Å². The summed E-state index contributed by atoms with van der Waals surface area (Å²) < 4.78 is 30.2. The van der Waals surface area contributed by atoms with Crippen LogP contribution < -0.4 is 9.50 Å². The van der Waals surface area contributed by atoms with E-state index in [1.165, 1.54) is 30.3 Å². The molecule has 1 saturated heterocycles. The molecule has 0 aromatic heterocycles. The molecule has 8 nitrogen and oxygen atoms in total. The zero-order valence-electron chi connectivity index (χ0n) is 13.3. The summed E-state index contributed by atoms with van der Waals surface area (Å²) in [5.41, 5.74) is 0.169. The fourth-order valence-corrected chi connectivity index (χ4v) is 4.16. The zero-order valence-corrected chi connectivity index (χ0v) is 15.8. The summed E-state index contributed by atoms with van der Waals surface area (Å²) in [6, 6.07) is 10.6. The number of hydrogen-bond acceptors (Lipinski definition) is 8. The lowest BCUT2D eigenvalue weighted by atomic mass is 10.2. The first-order valence-electron chi connectivity index (χ1n) is 7.28. The van der Waals surface area contributed by atoms with Crippen molar-refractivity contribution in [1.82, 2.24) is 5.32 Å². The molecule has 2 aromatic carbocycles. The van der Waals surface area contributed by atoms with Crippen LogP contribution in [0.3, 0.4) is 0 Å². The average Bonchev–Trinajstić information content (AvgIpc) is 2.92. The quantitative estimate of drug-likeness (QED) is 0.257. The maximum atomic E-state index is 12.4. The molecule has 0 spiro atoms. The highest BCUT2D eigenvalue weighted by Gasteiger charge is 2.23. The molecule has 1 aliphatic rings. The van der Waals surface area contributed by atoms with E-state index >= 15 is 0 Å². The summed E-state index contributed by atoms with van der Waals surface area (Å²) in [7, 11) is -4.26. The van der Waals surface area contributed by atoms with E-state index in [4.69, 9.17) is 16.4 Å². The molecule has 3 rings (SSSR count). The number of carbonyl (C=O) groups excluding carboxylic acids is 1. The van der Waals surface area contributed by atoms with Crippen LogP contribution >= 0.6 is 24.0 Å². The van der Waals surface area contributed by atoms with Gasteiger partial charge in [0.15, 0.2) is 0 Å². The number of benzene rings is 2. The monoisotopic (exact) mass is 422 g/mol. The Balaban J connectivity index is 1.87. The van der Waals surface area contributed by atoms with E-state index in [0.29, 0.717) is 14.8 Å². The Labute approximate surface area is 163 Å². The topological polar surface area (TPSA) is 116 Å². The number of carbonyl (C=O) groups is 1. The van der Waals surface area contributed by atoms with E-state index in [1.54, 1.807) is 18.2 Å². The Kier molecular flexibility index (Phi) is 5.26. The SMILES string of the molecule is O=C1NC(=S)SC1=Cc1cccc(OS(=O)(=O)c2cccc([N+](=O)[O-])c2)c1. The van der Waals surface area contributed by atoms with Crippen molar-refractivity contribution in [3.05, 3.63) is 69.1 Å². The van der Waals surface area contributed by atoms with Crippen molar-refractivity contribution < 1.29 is 22.3 Å². The second-order valence-corrected chi connectivity index (χ2v) is 8.48. The van der Waals surface area contributed by atoms with Crippen LogP contribution in [0.5, 0.6) is 5.75 Å². The van der Waals surface area contributed by atoms with Crippen LogP contribution in [0.1, 0.15) is 5.56 Å². The van der Waals surface area contributed by atoms with Crippen molar-refractivity contribution in [2.75, 3.05) is 0 Å². The third-order valence-corrected chi connectivity index (χ3v) is 5.73. The van der Waals surface area contributed by atoms with Crippen molar-refractivity contribution >= 4 is 56.1 Å². The molecule has 0 atom stereocenters. The van der Waals surface area contributed by atoms with Gasteiger partial charge in [-0.3, -0.25) is 14.9 Å². The molecule has 27 heavy (non-hydrogen) atoms. The zero-order chi connectivity index (χ0) is 19.6. The fourth-order valence-electron chi connectivity index (χ4n) is 2.16.